The third-order valence-electron chi connectivity index (χ3n) is 6.51. The average Bonchev–Trinajstić information content (AvgIpc) is 3.21. The molecule has 150 valence electrons. The molecule has 29 heavy (non-hydrogen) atoms. The second kappa shape index (κ2) is 8.80. The molecule has 1 N–H and O–H groups in total. The van der Waals surface area contributed by atoms with E-state index in [2.05, 4.69) is 59.6 Å². The first-order valence-electron chi connectivity index (χ1n) is 10.7. The zero-order valence-corrected chi connectivity index (χ0v) is 17.1. The molecule has 2 aromatic carbocycles. The van der Waals surface area contributed by atoms with Gasteiger partial charge < -0.3 is 10.2 Å². The molecule has 0 radical (unpaired) electrons. The van der Waals surface area contributed by atoms with Crippen LogP contribution in [0, 0.1) is 24.2 Å². The van der Waals surface area contributed by atoms with Crippen LogP contribution in [0.4, 0.5) is 0 Å². The average molecular weight is 388 g/mol. The monoisotopic (exact) mass is 387 g/mol. The van der Waals surface area contributed by atoms with Crippen LogP contribution >= 0.6 is 0 Å². The minimum atomic E-state index is 0.263. The van der Waals surface area contributed by atoms with Crippen LogP contribution in [0.5, 0.6) is 0 Å². The lowest BCUT2D eigenvalue weighted by molar-refractivity contribution is -0.131. The van der Waals surface area contributed by atoms with Crippen molar-refractivity contribution in [2.45, 2.75) is 38.0 Å². The Labute approximate surface area is 173 Å². The van der Waals surface area contributed by atoms with E-state index in [1.165, 1.54) is 16.7 Å². The zero-order chi connectivity index (χ0) is 20.2. The number of amides is 1. The number of benzene rings is 2. The van der Waals surface area contributed by atoms with Crippen molar-refractivity contribution in [3.8, 4) is 6.07 Å². The maximum atomic E-state index is 13.1. The Kier molecular flexibility index (Phi) is 5.97. The maximum Gasteiger partial charge on any atom is 0.222 e. The van der Waals surface area contributed by atoms with Crippen molar-refractivity contribution >= 4 is 5.91 Å². The first kappa shape index (κ1) is 19.7. The van der Waals surface area contributed by atoms with Gasteiger partial charge in [-0.05, 0) is 62.0 Å². The van der Waals surface area contributed by atoms with Crippen LogP contribution in [0.1, 0.15) is 53.4 Å². The number of hydrogen-bond donors (Lipinski definition) is 1. The van der Waals surface area contributed by atoms with Crippen molar-refractivity contribution in [1.29, 1.82) is 5.26 Å². The number of rotatable bonds is 4. The summed E-state index contributed by atoms with van der Waals surface area (Å²) in [5, 5.41) is 12.5. The van der Waals surface area contributed by atoms with Gasteiger partial charge in [0.25, 0.3) is 0 Å². The molecule has 3 atom stereocenters. The first-order valence-corrected chi connectivity index (χ1v) is 10.7. The summed E-state index contributed by atoms with van der Waals surface area (Å²) in [6.45, 7) is 5.66. The van der Waals surface area contributed by atoms with Gasteiger partial charge in [0.2, 0.25) is 5.91 Å². The molecule has 2 saturated heterocycles. The Balaban J connectivity index is 1.55. The molecule has 4 heteroatoms. The lowest BCUT2D eigenvalue weighted by Gasteiger charge is -2.25. The van der Waals surface area contributed by atoms with Crippen LogP contribution in [-0.2, 0) is 4.79 Å². The molecule has 0 aromatic heterocycles. The summed E-state index contributed by atoms with van der Waals surface area (Å²) in [5.74, 6) is 1.30. The van der Waals surface area contributed by atoms with Gasteiger partial charge in [-0.1, -0.05) is 42.0 Å². The summed E-state index contributed by atoms with van der Waals surface area (Å²) >= 11 is 0. The molecule has 0 spiro atoms. The van der Waals surface area contributed by atoms with Crippen molar-refractivity contribution in [3.05, 3.63) is 70.8 Å². The van der Waals surface area contributed by atoms with E-state index in [0.29, 0.717) is 17.9 Å². The minimum absolute atomic E-state index is 0.263. The highest BCUT2D eigenvalue weighted by Gasteiger charge is 2.37. The number of likely N-dealkylation sites (tertiary alicyclic amines) is 1. The van der Waals surface area contributed by atoms with Gasteiger partial charge in [-0.25, -0.2) is 0 Å². The molecule has 4 nitrogen and oxygen atoms in total. The second-order valence-electron chi connectivity index (χ2n) is 8.57. The fraction of sp³-hybridized carbons (Fsp3) is 0.440. The van der Waals surface area contributed by atoms with Crippen LogP contribution in [0.25, 0.3) is 0 Å². The number of carbonyl (C=O) groups is 1. The Bertz CT molecular complexity index is 876. The molecular weight excluding hydrogens is 358 g/mol. The molecule has 0 bridgehead atoms. The van der Waals surface area contributed by atoms with E-state index in [-0.39, 0.29) is 17.7 Å². The fourth-order valence-corrected chi connectivity index (χ4v) is 4.78. The van der Waals surface area contributed by atoms with E-state index < -0.39 is 0 Å². The number of nitriles is 1. The molecule has 2 aliphatic rings. The predicted octanol–water partition coefficient (Wildman–Crippen LogP) is 3.97. The SMILES string of the molecule is Cc1ccc([C@@H]2CN(C(=O)CC3CCCNC3)C[C@H]2c2ccc(C#N)cc2)cc1. The van der Waals surface area contributed by atoms with Crippen LogP contribution in [-0.4, -0.2) is 37.0 Å². The summed E-state index contributed by atoms with van der Waals surface area (Å²) in [6.07, 6.45) is 2.96. The van der Waals surface area contributed by atoms with Crippen molar-refractivity contribution in [1.82, 2.24) is 10.2 Å². The maximum absolute atomic E-state index is 13.1. The van der Waals surface area contributed by atoms with Gasteiger partial charge in [-0.3, -0.25) is 4.79 Å². The Morgan fingerprint density at radius 3 is 2.24 bits per heavy atom. The van der Waals surface area contributed by atoms with Gasteiger partial charge in [0.1, 0.15) is 0 Å². The van der Waals surface area contributed by atoms with E-state index in [1.54, 1.807) is 0 Å². The molecule has 2 aliphatic heterocycles. The molecule has 1 amide bonds. The van der Waals surface area contributed by atoms with Gasteiger partial charge in [-0.15, -0.1) is 0 Å². The fourth-order valence-electron chi connectivity index (χ4n) is 4.78. The van der Waals surface area contributed by atoms with Crippen LogP contribution in [0.2, 0.25) is 0 Å². The normalized spacial score (nSPS) is 24.3. The summed E-state index contributed by atoms with van der Waals surface area (Å²) in [5.41, 5.74) is 4.43. The molecule has 2 aromatic rings. The summed E-state index contributed by atoms with van der Waals surface area (Å²) in [4.78, 5) is 15.1. The van der Waals surface area contributed by atoms with E-state index in [1.807, 2.05) is 12.1 Å². The number of piperidine rings is 1. The van der Waals surface area contributed by atoms with Crippen LogP contribution < -0.4 is 5.32 Å². The van der Waals surface area contributed by atoms with Crippen LogP contribution in [0.15, 0.2) is 48.5 Å². The Morgan fingerprint density at radius 1 is 1.07 bits per heavy atom. The van der Waals surface area contributed by atoms with Crippen molar-refractivity contribution in [3.63, 3.8) is 0 Å². The van der Waals surface area contributed by atoms with Gasteiger partial charge >= 0.3 is 0 Å². The van der Waals surface area contributed by atoms with Crippen molar-refractivity contribution in [2.75, 3.05) is 26.2 Å². The second-order valence-corrected chi connectivity index (χ2v) is 8.57. The largest absolute Gasteiger partial charge is 0.341 e. The van der Waals surface area contributed by atoms with E-state index >= 15 is 0 Å². The van der Waals surface area contributed by atoms with Gasteiger partial charge in [-0.2, -0.15) is 5.26 Å². The number of nitrogens with zero attached hydrogens (tertiary/aromatic N) is 2. The third kappa shape index (κ3) is 4.52. The first-order chi connectivity index (χ1) is 14.1. The van der Waals surface area contributed by atoms with Gasteiger partial charge in [0.05, 0.1) is 11.6 Å². The van der Waals surface area contributed by atoms with Gasteiger partial charge in [0, 0.05) is 31.3 Å². The molecule has 0 aliphatic carbocycles. The third-order valence-corrected chi connectivity index (χ3v) is 6.51. The lowest BCUT2D eigenvalue weighted by atomic mass is 9.84. The van der Waals surface area contributed by atoms with Crippen molar-refractivity contribution in [2.24, 2.45) is 5.92 Å². The van der Waals surface area contributed by atoms with E-state index in [9.17, 15) is 4.79 Å². The Hall–Kier alpha value is -2.64. The summed E-state index contributed by atoms with van der Waals surface area (Å²) in [6, 6.07) is 18.8. The minimum Gasteiger partial charge on any atom is -0.341 e. The highest BCUT2D eigenvalue weighted by Crippen LogP contribution is 2.40. The molecule has 2 heterocycles. The van der Waals surface area contributed by atoms with E-state index in [4.69, 9.17) is 5.26 Å². The van der Waals surface area contributed by atoms with Crippen molar-refractivity contribution < 1.29 is 4.79 Å². The lowest BCUT2D eigenvalue weighted by Crippen LogP contribution is -2.35. The molecule has 0 saturated carbocycles. The molecule has 1 unspecified atom stereocenters. The molecular formula is C25H29N3O. The molecule has 4 rings (SSSR count). The summed E-state index contributed by atoms with van der Waals surface area (Å²) < 4.78 is 0. The topological polar surface area (TPSA) is 56.1 Å². The Morgan fingerprint density at radius 2 is 1.69 bits per heavy atom. The standard InChI is InChI=1S/C25H29N3O/c1-18-4-8-21(9-5-18)23-16-28(25(29)13-20-3-2-12-27-15-20)17-24(23)22-10-6-19(14-26)7-11-22/h4-11,20,23-24,27H,2-3,12-13,15-17H2,1H3/t20?,23-,24-/m0/s1. The number of nitrogens with one attached hydrogen (secondary N) is 1. The zero-order valence-electron chi connectivity index (χ0n) is 17.1. The van der Waals surface area contributed by atoms with E-state index in [0.717, 1.165) is 39.0 Å². The van der Waals surface area contributed by atoms with Gasteiger partial charge in [0.15, 0.2) is 0 Å². The van der Waals surface area contributed by atoms with Crippen LogP contribution in [0.3, 0.4) is 0 Å². The summed E-state index contributed by atoms with van der Waals surface area (Å²) in [7, 11) is 0. The number of carbonyl (C=O) groups excluding carboxylic acids is 1. The quantitative estimate of drug-likeness (QED) is 0.864. The molecule has 2 fully saturated rings. The highest BCUT2D eigenvalue weighted by molar-refractivity contribution is 5.77. The number of hydrogen-bond acceptors (Lipinski definition) is 3. The smallest absolute Gasteiger partial charge is 0.222 e. The predicted molar refractivity (Wildman–Crippen MR) is 115 cm³/mol. The number of aryl methyl sites for hydroxylation is 1. The highest BCUT2D eigenvalue weighted by atomic mass is 16.2.